The first-order valence-electron chi connectivity index (χ1n) is 5.04. The standard InChI is InChI=1S/C10H19NO4S/c1-4-15-10(12)6-5-7-11(2)8-9-16(3,13)14/h5-6H,4,7-9H2,1-3H3/b6-5+. The van der Waals surface area contributed by atoms with E-state index in [9.17, 15) is 13.2 Å². The van der Waals surface area contributed by atoms with Crippen LogP contribution in [0.5, 0.6) is 0 Å². The van der Waals surface area contributed by atoms with Crippen molar-refractivity contribution in [2.75, 3.05) is 38.8 Å². The number of hydrogen-bond acceptors (Lipinski definition) is 5. The molecule has 0 aromatic rings. The van der Waals surface area contributed by atoms with Crippen LogP contribution in [0.4, 0.5) is 0 Å². The first kappa shape index (κ1) is 15.1. The van der Waals surface area contributed by atoms with Gasteiger partial charge >= 0.3 is 5.97 Å². The first-order valence-corrected chi connectivity index (χ1v) is 7.10. The lowest BCUT2D eigenvalue weighted by molar-refractivity contribution is -0.137. The van der Waals surface area contributed by atoms with Crippen LogP contribution in [-0.2, 0) is 19.4 Å². The molecule has 0 fully saturated rings. The lowest BCUT2D eigenvalue weighted by Crippen LogP contribution is -2.25. The highest BCUT2D eigenvalue weighted by Gasteiger charge is 2.04. The molecule has 16 heavy (non-hydrogen) atoms. The van der Waals surface area contributed by atoms with Crippen LogP contribution in [0.15, 0.2) is 12.2 Å². The highest BCUT2D eigenvalue weighted by Crippen LogP contribution is 1.89. The fourth-order valence-corrected chi connectivity index (χ4v) is 1.58. The number of rotatable bonds is 7. The van der Waals surface area contributed by atoms with Crippen LogP contribution in [0.2, 0.25) is 0 Å². The van der Waals surface area contributed by atoms with E-state index >= 15 is 0 Å². The molecule has 0 unspecified atom stereocenters. The second kappa shape index (κ2) is 7.40. The summed E-state index contributed by atoms with van der Waals surface area (Å²) in [6.07, 6.45) is 4.20. The molecule has 0 amide bonds. The van der Waals surface area contributed by atoms with Crippen LogP contribution in [0.25, 0.3) is 0 Å². The summed E-state index contributed by atoms with van der Waals surface area (Å²) in [5.74, 6) is -0.254. The van der Waals surface area contributed by atoms with E-state index in [1.165, 1.54) is 12.3 Å². The van der Waals surface area contributed by atoms with E-state index in [1.807, 2.05) is 4.90 Å². The molecule has 0 aromatic heterocycles. The Kier molecular flexibility index (Phi) is 7.00. The Morgan fingerprint density at radius 1 is 1.44 bits per heavy atom. The third-order valence-electron chi connectivity index (χ3n) is 1.80. The molecular formula is C10H19NO4S. The van der Waals surface area contributed by atoms with Crippen molar-refractivity contribution in [1.82, 2.24) is 4.90 Å². The quantitative estimate of drug-likeness (QED) is 0.472. The van der Waals surface area contributed by atoms with Gasteiger partial charge < -0.3 is 9.64 Å². The topological polar surface area (TPSA) is 63.7 Å². The normalized spacial score (nSPS) is 12.2. The molecular weight excluding hydrogens is 230 g/mol. The van der Waals surface area contributed by atoms with Crippen molar-refractivity contribution in [2.24, 2.45) is 0 Å². The smallest absolute Gasteiger partial charge is 0.330 e. The molecule has 0 saturated carbocycles. The third-order valence-corrected chi connectivity index (χ3v) is 2.73. The molecule has 0 N–H and O–H groups in total. The van der Waals surface area contributed by atoms with Gasteiger partial charge in [-0.1, -0.05) is 6.08 Å². The van der Waals surface area contributed by atoms with Gasteiger partial charge in [-0.2, -0.15) is 0 Å². The Balaban J connectivity index is 3.81. The molecule has 0 aliphatic heterocycles. The van der Waals surface area contributed by atoms with E-state index in [-0.39, 0.29) is 11.7 Å². The SMILES string of the molecule is CCOC(=O)/C=C/CN(C)CCS(C)(=O)=O. The van der Waals surface area contributed by atoms with E-state index in [0.717, 1.165) is 0 Å². The monoisotopic (exact) mass is 249 g/mol. The summed E-state index contributed by atoms with van der Waals surface area (Å²) in [6, 6.07) is 0. The summed E-state index contributed by atoms with van der Waals surface area (Å²) in [4.78, 5) is 12.7. The van der Waals surface area contributed by atoms with E-state index in [1.54, 1.807) is 20.0 Å². The van der Waals surface area contributed by atoms with Crippen molar-refractivity contribution in [1.29, 1.82) is 0 Å². The maximum absolute atomic E-state index is 10.9. The minimum Gasteiger partial charge on any atom is -0.463 e. The molecule has 0 saturated heterocycles. The van der Waals surface area contributed by atoms with Gasteiger partial charge in [-0.25, -0.2) is 13.2 Å². The van der Waals surface area contributed by atoms with Crippen molar-refractivity contribution in [3.05, 3.63) is 12.2 Å². The molecule has 0 rings (SSSR count). The van der Waals surface area contributed by atoms with Crippen molar-refractivity contribution in [3.63, 3.8) is 0 Å². The Hall–Kier alpha value is -0.880. The molecule has 0 radical (unpaired) electrons. The zero-order valence-corrected chi connectivity index (χ0v) is 10.8. The molecule has 0 aliphatic rings. The van der Waals surface area contributed by atoms with Gasteiger partial charge in [-0.05, 0) is 14.0 Å². The molecule has 0 heterocycles. The molecule has 0 aliphatic carbocycles. The Morgan fingerprint density at radius 3 is 2.56 bits per heavy atom. The average Bonchev–Trinajstić information content (AvgIpc) is 2.14. The molecule has 0 atom stereocenters. The predicted molar refractivity (Wildman–Crippen MR) is 63.0 cm³/mol. The Morgan fingerprint density at radius 2 is 2.06 bits per heavy atom. The third kappa shape index (κ3) is 9.67. The second-order valence-electron chi connectivity index (χ2n) is 3.55. The number of carbonyl (C=O) groups excluding carboxylic acids is 1. The highest BCUT2D eigenvalue weighted by atomic mass is 32.2. The van der Waals surface area contributed by atoms with Crippen LogP contribution in [0, 0.1) is 0 Å². The summed E-state index contributed by atoms with van der Waals surface area (Å²) in [5.41, 5.74) is 0. The summed E-state index contributed by atoms with van der Waals surface area (Å²) in [6.45, 7) is 3.07. The number of ether oxygens (including phenoxy) is 1. The zero-order chi connectivity index (χ0) is 12.6. The van der Waals surface area contributed by atoms with Gasteiger partial charge in [0, 0.05) is 25.4 Å². The van der Waals surface area contributed by atoms with Crippen molar-refractivity contribution >= 4 is 15.8 Å². The minimum atomic E-state index is -2.93. The van der Waals surface area contributed by atoms with Gasteiger partial charge in [-0.3, -0.25) is 0 Å². The maximum Gasteiger partial charge on any atom is 0.330 e. The van der Waals surface area contributed by atoms with E-state index in [2.05, 4.69) is 0 Å². The number of nitrogens with zero attached hydrogens (tertiary/aromatic N) is 1. The second-order valence-corrected chi connectivity index (χ2v) is 5.81. The van der Waals surface area contributed by atoms with Crippen LogP contribution in [0.3, 0.4) is 0 Å². The lowest BCUT2D eigenvalue weighted by Gasteiger charge is -2.12. The van der Waals surface area contributed by atoms with Gasteiger partial charge in [0.05, 0.1) is 12.4 Å². The zero-order valence-electron chi connectivity index (χ0n) is 9.97. The fraction of sp³-hybridized carbons (Fsp3) is 0.700. The minimum absolute atomic E-state index is 0.122. The Labute approximate surface area is 97.0 Å². The molecule has 5 nitrogen and oxygen atoms in total. The molecule has 0 bridgehead atoms. The number of carbonyl (C=O) groups is 1. The highest BCUT2D eigenvalue weighted by molar-refractivity contribution is 7.90. The number of sulfone groups is 1. The van der Waals surface area contributed by atoms with Gasteiger partial charge in [0.15, 0.2) is 0 Å². The molecule has 0 spiro atoms. The molecule has 6 heteroatoms. The van der Waals surface area contributed by atoms with Crippen LogP contribution in [0.1, 0.15) is 6.92 Å². The predicted octanol–water partition coefficient (Wildman–Crippen LogP) is 0.0821. The van der Waals surface area contributed by atoms with E-state index in [0.29, 0.717) is 19.7 Å². The fourth-order valence-electron chi connectivity index (χ4n) is 0.932. The maximum atomic E-state index is 10.9. The van der Waals surface area contributed by atoms with Gasteiger partial charge in [0.25, 0.3) is 0 Å². The number of esters is 1. The summed E-state index contributed by atoms with van der Waals surface area (Å²) in [7, 11) is -1.13. The van der Waals surface area contributed by atoms with Crippen molar-refractivity contribution in [3.8, 4) is 0 Å². The summed E-state index contributed by atoms with van der Waals surface area (Å²) >= 11 is 0. The lowest BCUT2D eigenvalue weighted by atomic mass is 10.4. The summed E-state index contributed by atoms with van der Waals surface area (Å²) < 4.78 is 26.5. The van der Waals surface area contributed by atoms with Crippen molar-refractivity contribution in [2.45, 2.75) is 6.92 Å². The summed E-state index contributed by atoms with van der Waals surface area (Å²) in [5, 5.41) is 0. The van der Waals surface area contributed by atoms with Gasteiger partial charge in [0.2, 0.25) is 0 Å². The van der Waals surface area contributed by atoms with Crippen LogP contribution >= 0.6 is 0 Å². The molecule has 94 valence electrons. The van der Waals surface area contributed by atoms with Crippen molar-refractivity contribution < 1.29 is 17.9 Å². The van der Waals surface area contributed by atoms with Crippen LogP contribution in [-0.4, -0.2) is 58.0 Å². The first-order chi connectivity index (χ1) is 7.35. The molecule has 0 aromatic carbocycles. The number of hydrogen-bond donors (Lipinski definition) is 0. The average molecular weight is 249 g/mol. The van der Waals surface area contributed by atoms with E-state index < -0.39 is 9.84 Å². The van der Waals surface area contributed by atoms with Gasteiger partial charge in [-0.15, -0.1) is 0 Å². The van der Waals surface area contributed by atoms with Crippen LogP contribution < -0.4 is 0 Å². The number of likely N-dealkylation sites (N-methyl/N-ethyl adjacent to an activating group) is 1. The largest absolute Gasteiger partial charge is 0.463 e. The van der Waals surface area contributed by atoms with Gasteiger partial charge in [0.1, 0.15) is 9.84 Å². The Bertz CT molecular complexity index is 335. The van der Waals surface area contributed by atoms with E-state index in [4.69, 9.17) is 4.74 Å².